The molecule has 0 aliphatic heterocycles. The molecule has 0 atom stereocenters. The molecule has 0 aliphatic carbocycles. The molecule has 0 unspecified atom stereocenters. The fourth-order valence-corrected chi connectivity index (χ4v) is 1.83. The van der Waals surface area contributed by atoms with Gasteiger partial charge in [0.05, 0.1) is 31.3 Å². The van der Waals surface area contributed by atoms with Gasteiger partial charge < -0.3 is 19.8 Å². The summed E-state index contributed by atoms with van der Waals surface area (Å²) in [6.45, 7) is 2.80. The second kappa shape index (κ2) is 7.21. The Hall–Kier alpha value is -3.16. The second-order valence-electron chi connectivity index (χ2n) is 4.50. The van der Waals surface area contributed by atoms with Crippen molar-refractivity contribution in [1.29, 1.82) is 0 Å². The van der Waals surface area contributed by atoms with Crippen molar-refractivity contribution in [3.8, 4) is 6.01 Å². The maximum absolute atomic E-state index is 5.38. The van der Waals surface area contributed by atoms with Crippen LogP contribution in [-0.2, 0) is 6.54 Å². The number of anilines is 3. The van der Waals surface area contributed by atoms with E-state index < -0.39 is 0 Å². The molecule has 0 amide bonds. The number of aromatic nitrogens is 4. The summed E-state index contributed by atoms with van der Waals surface area (Å²) in [5, 5.41) is 6.15. The highest BCUT2D eigenvalue weighted by atomic mass is 16.5. The van der Waals surface area contributed by atoms with E-state index >= 15 is 0 Å². The van der Waals surface area contributed by atoms with Gasteiger partial charge in [0.2, 0.25) is 11.9 Å². The van der Waals surface area contributed by atoms with E-state index in [2.05, 4.69) is 30.6 Å². The molecule has 0 bridgehead atoms. The first kappa shape index (κ1) is 14.8. The molecule has 3 aromatic heterocycles. The van der Waals surface area contributed by atoms with Gasteiger partial charge in [0, 0.05) is 6.20 Å². The molecular weight excluding hydrogens is 296 g/mol. The second-order valence-corrected chi connectivity index (χ2v) is 4.50. The normalized spacial score (nSPS) is 10.3. The fraction of sp³-hybridized carbons (Fsp3) is 0.200. The molecule has 0 spiro atoms. The van der Waals surface area contributed by atoms with Crippen molar-refractivity contribution in [2.75, 3.05) is 17.2 Å². The minimum absolute atomic E-state index is 0.246. The van der Waals surface area contributed by atoms with Crippen molar-refractivity contribution >= 4 is 17.6 Å². The van der Waals surface area contributed by atoms with Gasteiger partial charge in [-0.1, -0.05) is 0 Å². The number of hydrogen-bond donors (Lipinski definition) is 2. The molecule has 0 aromatic carbocycles. The third-order valence-electron chi connectivity index (χ3n) is 2.81. The van der Waals surface area contributed by atoms with E-state index in [0.717, 1.165) is 11.4 Å². The molecule has 8 nitrogen and oxygen atoms in total. The summed E-state index contributed by atoms with van der Waals surface area (Å²) in [4.78, 5) is 16.8. The highest BCUT2D eigenvalue weighted by Gasteiger charge is 2.08. The number of nitrogens with one attached hydrogen (secondary N) is 2. The van der Waals surface area contributed by atoms with Crippen LogP contribution in [0.1, 0.15) is 12.7 Å². The SMILES string of the molecule is CCOc1nc(NCc2ccco2)nc(Nc2cccnc2)n1. The predicted octanol–water partition coefficient (Wildman–Crippen LogP) is 2.61. The molecule has 23 heavy (non-hydrogen) atoms. The quantitative estimate of drug-likeness (QED) is 0.687. The Morgan fingerprint density at radius 3 is 2.78 bits per heavy atom. The molecule has 3 rings (SSSR count). The highest BCUT2D eigenvalue weighted by molar-refractivity contribution is 5.52. The predicted molar refractivity (Wildman–Crippen MR) is 84.6 cm³/mol. The number of furan rings is 1. The minimum atomic E-state index is 0.246. The van der Waals surface area contributed by atoms with E-state index in [4.69, 9.17) is 9.15 Å². The van der Waals surface area contributed by atoms with Gasteiger partial charge in [-0.2, -0.15) is 15.0 Å². The Morgan fingerprint density at radius 1 is 1.13 bits per heavy atom. The van der Waals surface area contributed by atoms with E-state index in [9.17, 15) is 0 Å². The van der Waals surface area contributed by atoms with E-state index in [0.29, 0.717) is 25.0 Å². The average Bonchev–Trinajstić information content (AvgIpc) is 3.08. The van der Waals surface area contributed by atoms with Gasteiger partial charge in [-0.25, -0.2) is 0 Å². The number of ether oxygens (including phenoxy) is 1. The molecule has 2 N–H and O–H groups in total. The van der Waals surface area contributed by atoms with Crippen LogP contribution in [0.3, 0.4) is 0 Å². The van der Waals surface area contributed by atoms with Crippen molar-refractivity contribution in [2.45, 2.75) is 13.5 Å². The Kier molecular flexibility index (Phi) is 4.63. The first-order valence-corrected chi connectivity index (χ1v) is 7.15. The van der Waals surface area contributed by atoms with Gasteiger partial charge in [-0.3, -0.25) is 4.98 Å². The van der Waals surface area contributed by atoms with Crippen molar-refractivity contribution in [2.24, 2.45) is 0 Å². The first-order valence-electron chi connectivity index (χ1n) is 7.15. The summed E-state index contributed by atoms with van der Waals surface area (Å²) in [7, 11) is 0. The van der Waals surface area contributed by atoms with Gasteiger partial charge in [-0.05, 0) is 31.2 Å². The smallest absolute Gasteiger partial charge is 0.323 e. The zero-order valence-electron chi connectivity index (χ0n) is 12.6. The molecule has 3 heterocycles. The third-order valence-corrected chi connectivity index (χ3v) is 2.81. The van der Waals surface area contributed by atoms with Gasteiger partial charge in [0.15, 0.2) is 0 Å². The summed E-state index contributed by atoms with van der Waals surface area (Å²) < 4.78 is 10.7. The molecule has 0 radical (unpaired) electrons. The number of nitrogens with zero attached hydrogens (tertiary/aromatic N) is 4. The zero-order chi connectivity index (χ0) is 15.9. The first-order chi connectivity index (χ1) is 11.3. The van der Waals surface area contributed by atoms with Crippen LogP contribution in [0.5, 0.6) is 6.01 Å². The van der Waals surface area contributed by atoms with Crippen LogP contribution in [-0.4, -0.2) is 26.5 Å². The lowest BCUT2D eigenvalue weighted by Crippen LogP contribution is -2.09. The van der Waals surface area contributed by atoms with E-state index in [1.807, 2.05) is 31.2 Å². The van der Waals surface area contributed by atoms with E-state index in [1.54, 1.807) is 18.7 Å². The Morgan fingerprint density at radius 2 is 2.04 bits per heavy atom. The van der Waals surface area contributed by atoms with Gasteiger partial charge >= 0.3 is 6.01 Å². The minimum Gasteiger partial charge on any atom is -0.467 e. The maximum Gasteiger partial charge on any atom is 0.323 e. The summed E-state index contributed by atoms with van der Waals surface area (Å²) >= 11 is 0. The molecule has 0 fully saturated rings. The van der Waals surface area contributed by atoms with Crippen molar-refractivity contribution in [3.05, 3.63) is 48.7 Å². The number of hydrogen-bond acceptors (Lipinski definition) is 8. The van der Waals surface area contributed by atoms with E-state index in [-0.39, 0.29) is 6.01 Å². The molecular formula is C15H16N6O2. The molecule has 0 saturated carbocycles. The summed E-state index contributed by atoms with van der Waals surface area (Å²) in [6, 6.07) is 7.63. The highest BCUT2D eigenvalue weighted by Crippen LogP contribution is 2.16. The van der Waals surface area contributed by atoms with Crippen LogP contribution in [0.15, 0.2) is 47.3 Å². The van der Waals surface area contributed by atoms with Crippen LogP contribution >= 0.6 is 0 Å². The van der Waals surface area contributed by atoms with E-state index in [1.165, 1.54) is 0 Å². The molecule has 0 saturated heterocycles. The van der Waals surface area contributed by atoms with Crippen LogP contribution in [0, 0.1) is 0 Å². The standard InChI is InChI=1S/C15H16N6O2/c1-2-22-15-20-13(17-10-12-6-4-8-23-12)19-14(21-15)18-11-5-3-7-16-9-11/h3-9H,2,10H2,1H3,(H2,17,18,19,20,21). The zero-order valence-corrected chi connectivity index (χ0v) is 12.6. The lowest BCUT2D eigenvalue weighted by molar-refractivity contribution is 0.312. The third kappa shape index (κ3) is 4.16. The van der Waals surface area contributed by atoms with Crippen molar-refractivity contribution in [1.82, 2.24) is 19.9 Å². The lowest BCUT2D eigenvalue weighted by atomic mass is 10.4. The lowest BCUT2D eigenvalue weighted by Gasteiger charge is -2.09. The summed E-state index contributed by atoms with van der Waals surface area (Å²) in [6.07, 6.45) is 4.99. The summed E-state index contributed by atoms with van der Waals surface area (Å²) in [5.41, 5.74) is 0.776. The van der Waals surface area contributed by atoms with Gasteiger partial charge in [0.1, 0.15) is 5.76 Å². The maximum atomic E-state index is 5.38. The largest absolute Gasteiger partial charge is 0.467 e. The molecule has 3 aromatic rings. The number of rotatable bonds is 7. The molecule has 118 valence electrons. The Bertz CT molecular complexity index is 733. The Labute approximate surface area is 133 Å². The molecule has 8 heteroatoms. The topological polar surface area (TPSA) is 98.0 Å². The summed E-state index contributed by atoms with van der Waals surface area (Å²) in [5.74, 6) is 1.55. The molecule has 0 aliphatic rings. The van der Waals surface area contributed by atoms with Crippen molar-refractivity contribution < 1.29 is 9.15 Å². The Balaban J connectivity index is 1.77. The van der Waals surface area contributed by atoms with Crippen LogP contribution in [0.25, 0.3) is 0 Å². The average molecular weight is 312 g/mol. The van der Waals surface area contributed by atoms with Gasteiger partial charge in [-0.15, -0.1) is 0 Å². The van der Waals surface area contributed by atoms with Crippen molar-refractivity contribution in [3.63, 3.8) is 0 Å². The van der Waals surface area contributed by atoms with Gasteiger partial charge in [0.25, 0.3) is 0 Å². The fourth-order valence-electron chi connectivity index (χ4n) is 1.83. The van der Waals surface area contributed by atoms with Crippen LogP contribution in [0.2, 0.25) is 0 Å². The number of pyridine rings is 1. The van der Waals surface area contributed by atoms with Crippen LogP contribution in [0.4, 0.5) is 17.6 Å². The monoisotopic (exact) mass is 312 g/mol. The van der Waals surface area contributed by atoms with Crippen LogP contribution < -0.4 is 15.4 Å².